The number of likely N-dealkylation sites (N-methyl/N-ethyl adjacent to an activating group) is 1. The number of benzene rings is 1. The third-order valence-electron chi connectivity index (χ3n) is 2.51. The molecule has 0 radical (unpaired) electrons. The fourth-order valence-electron chi connectivity index (χ4n) is 1.63. The molecule has 0 atom stereocenters. The van der Waals surface area contributed by atoms with Crippen molar-refractivity contribution >= 4 is 17.3 Å². The highest BCUT2D eigenvalue weighted by Gasteiger charge is 2.33. The molecule has 1 aromatic rings. The lowest BCUT2D eigenvalue weighted by Crippen LogP contribution is -2.33. The third-order valence-corrected chi connectivity index (χ3v) is 2.51. The zero-order valence-corrected chi connectivity index (χ0v) is 11.0. The summed E-state index contributed by atoms with van der Waals surface area (Å²) in [5.74, 6) is -0.698. The van der Waals surface area contributed by atoms with Gasteiger partial charge in [-0.3, -0.25) is 9.69 Å². The van der Waals surface area contributed by atoms with Crippen molar-refractivity contribution in [2.45, 2.75) is 12.6 Å². The van der Waals surface area contributed by atoms with Crippen LogP contribution in [0.25, 0.3) is 0 Å². The van der Waals surface area contributed by atoms with E-state index in [1.807, 2.05) is 0 Å². The van der Waals surface area contributed by atoms with Crippen LogP contribution >= 0.6 is 0 Å². The number of hydrogen-bond donors (Lipinski definition) is 2. The molecule has 0 heterocycles. The smallest absolute Gasteiger partial charge is 0.398 e. The molecular weight excluding hydrogens is 297 g/mol. The number of halogens is 5. The highest BCUT2D eigenvalue weighted by molar-refractivity contribution is 5.92. The van der Waals surface area contributed by atoms with Crippen LogP contribution in [0.5, 0.6) is 0 Å². The molecule has 0 aliphatic carbocycles. The predicted molar refractivity (Wildman–Crippen MR) is 68.0 cm³/mol. The van der Waals surface area contributed by atoms with Crippen LogP contribution < -0.4 is 11.1 Å². The van der Waals surface area contributed by atoms with Crippen molar-refractivity contribution in [2.75, 3.05) is 31.2 Å². The predicted octanol–water partition coefficient (Wildman–Crippen LogP) is 2.42. The van der Waals surface area contributed by atoms with E-state index in [0.717, 1.165) is 11.0 Å². The van der Waals surface area contributed by atoms with E-state index in [-0.39, 0.29) is 12.2 Å². The van der Waals surface area contributed by atoms with Gasteiger partial charge in [-0.1, -0.05) is 0 Å². The van der Waals surface area contributed by atoms with Gasteiger partial charge in [0.1, 0.15) is 0 Å². The molecule has 118 valence electrons. The van der Waals surface area contributed by atoms with E-state index >= 15 is 0 Å². The summed E-state index contributed by atoms with van der Waals surface area (Å²) in [6, 6.07) is 2.91. The molecule has 0 saturated heterocycles. The van der Waals surface area contributed by atoms with Crippen molar-refractivity contribution < 1.29 is 26.7 Å². The number of alkyl halides is 5. The summed E-state index contributed by atoms with van der Waals surface area (Å²) in [5.41, 5.74) is 3.58. The quantitative estimate of drug-likeness (QED) is 0.648. The first-order valence-corrected chi connectivity index (χ1v) is 5.83. The lowest BCUT2D eigenvalue weighted by atomic mass is 10.1. The minimum atomic E-state index is -4.64. The van der Waals surface area contributed by atoms with Gasteiger partial charge in [0.25, 0.3) is 6.43 Å². The maximum Gasteiger partial charge on any atom is 0.418 e. The summed E-state index contributed by atoms with van der Waals surface area (Å²) in [5, 5.41) is 2.20. The fraction of sp³-hybridized carbons (Fsp3) is 0.417. The van der Waals surface area contributed by atoms with Crippen LogP contribution in [0.1, 0.15) is 5.56 Å². The molecule has 0 aliphatic rings. The SMILES string of the molecule is CN(CC(=O)Nc1ccc(N)c(C(F)(F)F)c1)CC(F)F. The number of rotatable bonds is 5. The maximum absolute atomic E-state index is 12.6. The first-order valence-electron chi connectivity index (χ1n) is 5.83. The van der Waals surface area contributed by atoms with Crippen LogP contribution in [0, 0.1) is 0 Å². The zero-order chi connectivity index (χ0) is 16.2. The number of nitrogens with one attached hydrogen (secondary N) is 1. The van der Waals surface area contributed by atoms with Gasteiger partial charge in [0.15, 0.2) is 0 Å². The summed E-state index contributed by atoms with van der Waals surface area (Å²) in [6.45, 7) is -0.973. The molecule has 0 unspecified atom stereocenters. The average molecular weight is 311 g/mol. The Balaban J connectivity index is 2.73. The monoisotopic (exact) mass is 311 g/mol. The maximum atomic E-state index is 12.6. The summed E-state index contributed by atoms with van der Waals surface area (Å²) < 4.78 is 62.1. The third kappa shape index (κ3) is 5.54. The summed E-state index contributed by atoms with van der Waals surface area (Å²) >= 11 is 0. The topological polar surface area (TPSA) is 58.4 Å². The fourth-order valence-corrected chi connectivity index (χ4v) is 1.63. The molecular formula is C12H14F5N3O. The Morgan fingerprint density at radius 1 is 1.38 bits per heavy atom. The molecule has 0 fully saturated rings. The van der Waals surface area contributed by atoms with Gasteiger partial charge >= 0.3 is 6.18 Å². The normalized spacial score (nSPS) is 12.0. The number of nitrogens with zero attached hydrogens (tertiary/aromatic N) is 1. The molecule has 3 N–H and O–H groups in total. The van der Waals surface area contributed by atoms with Crippen molar-refractivity contribution in [3.8, 4) is 0 Å². The zero-order valence-electron chi connectivity index (χ0n) is 11.0. The van der Waals surface area contributed by atoms with Gasteiger partial charge in [-0.15, -0.1) is 0 Å². The Morgan fingerprint density at radius 3 is 2.52 bits per heavy atom. The summed E-state index contributed by atoms with van der Waals surface area (Å²) in [7, 11) is 1.30. The molecule has 1 rings (SSSR count). The van der Waals surface area contributed by atoms with Gasteiger partial charge in [-0.05, 0) is 25.2 Å². The molecule has 9 heteroatoms. The summed E-state index contributed by atoms with van der Waals surface area (Å²) in [4.78, 5) is 12.6. The highest BCUT2D eigenvalue weighted by Crippen LogP contribution is 2.35. The first-order chi connectivity index (χ1) is 9.59. The number of carbonyl (C=O) groups excluding carboxylic acids is 1. The molecule has 1 aromatic carbocycles. The van der Waals surface area contributed by atoms with E-state index in [9.17, 15) is 26.7 Å². The van der Waals surface area contributed by atoms with Crippen LogP contribution in [0.2, 0.25) is 0 Å². The summed E-state index contributed by atoms with van der Waals surface area (Å²) in [6.07, 6.45) is -7.24. The number of hydrogen-bond acceptors (Lipinski definition) is 3. The Hall–Kier alpha value is -1.90. The lowest BCUT2D eigenvalue weighted by molar-refractivity contribution is -0.137. The number of nitrogen functional groups attached to an aromatic ring is 1. The van der Waals surface area contributed by atoms with E-state index in [1.165, 1.54) is 13.1 Å². The van der Waals surface area contributed by atoms with Crippen molar-refractivity contribution in [3.63, 3.8) is 0 Å². The molecule has 0 saturated carbocycles. The molecule has 21 heavy (non-hydrogen) atoms. The van der Waals surface area contributed by atoms with E-state index in [1.54, 1.807) is 0 Å². The van der Waals surface area contributed by atoms with Crippen molar-refractivity contribution in [2.24, 2.45) is 0 Å². The van der Waals surface area contributed by atoms with Crippen LogP contribution in [0.4, 0.5) is 33.3 Å². The van der Waals surface area contributed by atoms with Gasteiger partial charge in [0, 0.05) is 11.4 Å². The van der Waals surface area contributed by atoms with Crippen LogP contribution in [-0.2, 0) is 11.0 Å². The lowest BCUT2D eigenvalue weighted by Gasteiger charge is -2.16. The van der Waals surface area contributed by atoms with Gasteiger partial charge in [0.2, 0.25) is 5.91 Å². The standard InChI is InChI=1S/C12H14F5N3O/c1-20(5-10(13)14)6-11(21)19-7-2-3-9(18)8(4-7)12(15,16)17/h2-4,10H,5-6,18H2,1H3,(H,19,21). The molecule has 4 nitrogen and oxygen atoms in total. The van der Waals surface area contributed by atoms with Crippen molar-refractivity contribution in [1.29, 1.82) is 0 Å². The van der Waals surface area contributed by atoms with Crippen LogP contribution in [-0.4, -0.2) is 37.4 Å². The van der Waals surface area contributed by atoms with E-state index in [4.69, 9.17) is 5.73 Å². The van der Waals surface area contributed by atoms with Gasteiger partial charge in [-0.25, -0.2) is 8.78 Å². The first kappa shape index (κ1) is 17.2. The molecule has 1 amide bonds. The van der Waals surface area contributed by atoms with Gasteiger partial charge in [-0.2, -0.15) is 13.2 Å². The Labute approximate surface area is 117 Å². The number of amides is 1. The van der Waals surface area contributed by atoms with Crippen LogP contribution in [0.15, 0.2) is 18.2 Å². The minimum absolute atomic E-state index is 0.105. The van der Waals surface area contributed by atoms with Gasteiger partial charge < -0.3 is 11.1 Å². The number of anilines is 2. The van der Waals surface area contributed by atoms with Crippen molar-refractivity contribution in [1.82, 2.24) is 4.90 Å². The second-order valence-corrected chi connectivity index (χ2v) is 4.44. The molecule has 0 aromatic heterocycles. The number of carbonyl (C=O) groups is 1. The average Bonchev–Trinajstić information content (AvgIpc) is 2.28. The Bertz CT molecular complexity index is 504. The highest BCUT2D eigenvalue weighted by atomic mass is 19.4. The second kappa shape index (κ2) is 6.70. The Morgan fingerprint density at radius 2 is 2.00 bits per heavy atom. The van der Waals surface area contributed by atoms with Crippen LogP contribution in [0.3, 0.4) is 0 Å². The van der Waals surface area contributed by atoms with Gasteiger partial charge in [0.05, 0.1) is 18.7 Å². The number of nitrogens with two attached hydrogens (primary N) is 1. The van der Waals surface area contributed by atoms with E-state index < -0.39 is 36.3 Å². The minimum Gasteiger partial charge on any atom is -0.398 e. The largest absolute Gasteiger partial charge is 0.418 e. The second-order valence-electron chi connectivity index (χ2n) is 4.44. The van der Waals surface area contributed by atoms with Crippen molar-refractivity contribution in [3.05, 3.63) is 23.8 Å². The molecule has 0 aliphatic heterocycles. The Kier molecular flexibility index (Phi) is 5.47. The van der Waals surface area contributed by atoms with E-state index in [2.05, 4.69) is 5.32 Å². The van der Waals surface area contributed by atoms with E-state index in [0.29, 0.717) is 6.07 Å². The molecule has 0 spiro atoms. The molecule has 0 bridgehead atoms.